The summed E-state index contributed by atoms with van der Waals surface area (Å²) in [5.41, 5.74) is -5.22. The van der Waals surface area contributed by atoms with Crippen molar-refractivity contribution in [3.8, 4) is 45.3 Å². The Labute approximate surface area is 284 Å². The van der Waals surface area contributed by atoms with Crippen LogP contribution in [0.15, 0.2) is 148 Å². The van der Waals surface area contributed by atoms with Gasteiger partial charge in [0.25, 0.3) is 0 Å². The van der Waals surface area contributed by atoms with E-state index in [1.54, 1.807) is 0 Å². The third-order valence-corrected chi connectivity index (χ3v) is 6.50. The molecule has 0 amide bonds. The minimum atomic E-state index is -0.885. The van der Waals surface area contributed by atoms with Gasteiger partial charge in [0.2, 0.25) is 0 Å². The molecule has 5 nitrogen and oxygen atoms in total. The van der Waals surface area contributed by atoms with Crippen LogP contribution >= 0.6 is 0 Å². The van der Waals surface area contributed by atoms with Gasteiger partial charge < -0.3 is 8.83 Å². The van der Waals surface area contributed by atoms with Gasteiger partial charge in [-0.3, -0.25) is 0 Å². The maximum Gasteiger partial charge on any atom is 0.164 e. The van der Waals surface area contributed by atoms with Crippen LogP contribution in [0.25, 0.3) is 89.2 Å². The zero-order valence-corrected chi connectivity index (χ0v) is 21.7. The minimum absolute atomic E-state index is 0.318. The summed E-state index contributed by atoms with van der Waals surface area (Å²) in [6.45, 7) is 0. The van der Waals surface area contributed by atoms with Crippen LogP contribution in [-0.2, 0) is 0 Å². The van der Waals surface area contributed by atoms with Gasteiger partial charge in [-0.15, -0.1) is 0 Å². The quantitative estimate of drug-likeness (QED) is 0.205. The predicted octanol–water partition coefficient (Wildman–Crippen LogP) is 10.3. The summed E-state index contributed by atoms with van der Waals surface area (Å²) in [6.07, 6.45) is 0. The largest absolute Gasteiger partial charge is 0.456 e. The Hall–Kier alpha value is -6.07. The van der Waals surface area contributed by atoms with E-state index in [0.717, 1.165) is 0 Å². The van der Waals surface area contributed by atoms with Gasteiger partial charge in [0.15, 0.2) is 17.5 Å². The summed E-state index contributed by atoms with van der Waals surface area (Å²) < 4.78 is 210. The summed E-state index contributed by atoms with van der Waals surface area (Å²) in [6, 6.07) is -18.1. The molecule has 0 aliphatic carbocycles. The normalized spacial score (nSPS) is 19.0. The highest BCUT2D eigenvalue weighted by Crippen LogP contribution is 2.39. The van der Waals surface area contributed by atoms with Crippen molar-refractivity contribution in [2.24, 2.45) is 0 Å². The number of aromatic nitrogens is 3. The molecule has 0 bridgehead atoms. The van der Waals surface area contributed by atoms with Gasteiger partial charge in [-0.1, -0.05) is 109 Å². The van der Waals surface area contributed by atoms with Crippen LogP contribution in [0, 0.1) is 0 Å². The molecule has 3 heterocycles. The molecule has 6 aromatic carbocycles. The van der Waals surface area contributed by atoms with Crippen LogP contribution < -0.4 is 0 Å². The Bertz CT molecular complexity index is 3660. The van der Waals surface area contributed by atoms with Gasteiger partial charge in [0, 0.05) is 43.8 Å². The van der Waals surface area contributed by atoms with Gasteiger partial charge in [-0.2, -0.15) is 0 Å². The number of hydrogen-bond acceptors (Lipinski definition) is 5. The molecular formula is C39H23N3O2. The second kappa shape index (κ2) is 9.75. The minimum Gasteiger partial charge on any atom is -0.456 e. The fourth-order valence-corrected chi connectivity index (χ4v) is 4.57. The summed E-state index contributed by atoms with van der Waals surface area (Å²) in [5.74, 6) is -2.21. The first-order valence-electron chi connectivity index (χ1n) is 24.2. The van der Waals surface area contributed by atoms with E-state index in [0.29, 0.717) is 0 Å². The molecule has 9 rings (SSSR count). The summed E-state index contributed by atoms with van der Waals surface area (Å²) >= 11 is 0. The number of benzene rings is 6. The first-order chi connectivity index (χ1) is 31.4. The van der Waals surface area contributed by atoms with Crippen LogP contribution in [0.5, 0.6) is 0 Å². The van der Waals surface area contributed by atoms with Gasteiger partial charge in [0.05, 0.1) is 31.5 Å². The standard InChI is InChI=1S/C39H23N3O2/c1-3-10-24(11-4-1)37-40-38(25-12-5-2-6-13-25)42-39(41-37)27-18-20-30-32-22-26(19-21-34(32)43-35(30)23-27)28-15-9-16-31-29-14-7-8-17-33(29)44-36(28)31/h1-23H/i1D,2D,3D,4D,5D,6D,7D,8D,9D,10D,11D,12D,13D,14D,15D,16D,17D,18D,19D,20D,21D,22D,23D. The maximum absolute atomic E-state index is 9.45. The van der Waals surface area contributed by atoms with E-state index in [1.165, 1.54) is 0 Å². The van der Waals surface area contributed by atoms with Crippen molar-refractivity contribution < 1.29 is 40.4 Å². The highest BCUT2D eigenvalue weighted by atomic mass is 16.3. The fraction of sp³-hybridized carbons (Fsp3) is 0. The van der Waals surface area contributed by atoms with Crippen LogP contribution in [0.2, 0.25) is 0 Å². The van der Waals surface area contributed by atoms with Crippen molar-refractivity contribution in [1.82, 2.24) is 15.0 Å². The smallest absolute Gasteiger partial charge is 0.164 e. The van der Waals surface area contributed by atoms with Crippen molar-refractivity contribution in [3.63, 3.8) is 0 Å². The van der Waals surface area contributed by atoms with Crippen LogP contribution in [0.1, 0.15) is 31.5 Å². The molecule has 3 aromatic heterocycles. The van der Waals surface area contributed by atoms with E-state index in [9.17, 15) is 5.48 Å². The van der Waals surface area contributed by atoms with Crippen LogP contribution in [0.4, 0.5) is 0 Å². The van der Waals surface area contributed by atoms with Crippen LogP contribution in [-0.4, -0.2) is 15.0 Å². The first kappa shape index (κ1) is 10.9. The third kappa shape index (κ3) is 3.98. The lowest BCUT2D eigenvalue weighted by Gasteiger charge is -2.08. The average Bonchev–Trinajstić information content (AvgIpc) is 3.91. The molecule has 0 aliphatic heterocycles. The van der Waals surface area contributed by atoms with Gasteiger partial charge in [-0.25, -0.2) is 15.0 Å². The molecule has 0 N–H and O–H groups in total. The molecule has 0 radical (unpaired) electrons. The first-order valence-corrected chi connectivity index (χ1v) is 12.7. The molecule has 0 fully saturated rings. The third-order valence-electron chi connectivity index (χ3n) is 6.50. The molecule has 0 spiro atoms. The molecule has 0 unspecified atom stereocenters. The zero-order chi connectivity index (χ0) is 49.1. The number of nitrogens with zero attached hydrogens (tertiary/aromatic N) is 3. The SMILES string of the molecule is [2H]c1c([2H])c([2H])c(-c2nc(-c3c([2H])c([2H])c([2H])c([2H])c3[2H])nc(-c3c([2H])c([2H])c4c(oc5c([2H])c([2H])c(-c6c([2H])c([2H])c([2H])c7c6oc6c([2H])c([2H])c([2H])c([2H])c67)c([2H])c54)c3[2H])n2)c([2H])c1[2H]. The summed E-state index contributed by atoms with van der Waals surface area (Å²) in [5, 5.41) is -1.58. The fourth-order valence-electron chi connectivity index (χ4n) is 4.57. The lowest BCUT2D eigenvalue weighted by atomic mass is 10.00. The number of furan rings is 2. The molecule has 9 aromatic rings. The van der Waals surface area contributed by atoms with E-state index >= 15 is 0 Å². The molecule has 0 aliphatic rings. The highest BCUT2D eigenvalue weighted by Gasteiger charge is 2.16. The summed E-state index contributed by atoms with van der Waals surface area (Å²) in [4.78, 5) is 12.7. The van der Waals surface area contributed by atoms with Crippen molar-refractivity contribution >= 4 is 43.9 Å². The number of para-hydroxylation sites is 2. The second-order valence-corrected chi connectivity index (χ2v) is 9.08. The van der Waals surface area contributed by atoms with Crippen molar-refractivity contribution in [1.29, 1.82) is 0 Å². The molecule has 0 atom stereocenters. The van der Waals surface area contributed by atoms with E-state index in [2.05, 4.69) is 15.0 Å². The van der Waals surface area contributed by atoms with Crippen molar-refractivity contribution in [3.05, 3.63) is 139 Å². The average molecular weight is 589 g/mol. The molecule has 44 heavy (non-hydrogen) atoms. The Balaban J connectivity index is 1.38. The Morgan fingerprint density at radius 2 is 0.977 bits per heavy atom. The Morgan fingerprint density at radius 3 is 1.73 bits per heavy atom. The number of hydrogen-bond donors (Lipinski definition) is 0. The van der Waals surface area contributed by atoms with Crippen LogP contribution in [0.3, 0.4) is 0 Å². The molecule has 0 saturated carbocycles. The maximum atomic E-state index is 9.45. The monoisotopic (exact) mass is 588 g/mol. The summed E-state index contributed by atoms with van der Waals surface area (Å²) in [7, 11) is 0. The molecule has 5 heteroatoms. The van der Waals surface area contributed by atoms with E-state index in [4.69, 9.17) is 34.9 Å². The van der Waals surface area contributed by atoms with Gasteiger partial charge in [0.1, 0.15) is 22.3 Å². The zero-order valence-electron chi connectivity index (χ0n) is 44.7. The topological polar surface area (TPSA) is 65.0 Å². The van der Waals surface area contributed by atoms with E-state index in [-0.39, 0.29) is 10.8 Å². The van der Waals surface area contributed by atoms with E-state index in [1.807, 2.05) is 0 Å². The Morgan fingerprint density at radius 1 is 0.386 bits per heavy atom. The van der Waals surface area contributed by atoms with Gasteiger partial charge in [-0.05, 0) is 35.8 Å². The lowest BCUT2D eigenvalue weighted by Crippen LogP contribution is -2.00. The van der Waals surface area contributed by atoms with Crippen molar-refractivity contribution in [2.75, 3.05) is 0 Å². The number of rotatable bonds is 4. The molecule has 0 saturated heterocycles. The number of fused-ring (bicyclic) bond motifs is 6. The highest BCUT2D eigenvalue weighted by molar-refractivity contribution is 6.11. The molecular weight excluding hydrogens is 542 g/mol. The molecule has 206 valence electrons. The Kier molecular flexibility index (Phi) is 2.41. The van der Waals surface area contributed by atoms with Crippen molar-refractivity contribution in [2.45, 2.75) is 0 Å². The predicted molar refractivity (Wildman–Crippen MR) is 176 cm³/mol. The lowest BCUT2D eigenvalue weighted by molar-refractivity contribution is 0.668. The van der Waals surface area contributed by atoms with E-state index < -0.39 is 217 Å². The second-order valence-electron chi connectivity index (χ2n) is 9.08. The van der Waals surface area contributed by atoms with Gasteiger partial charge >= 0.3 is 0 Å².